The van der Waals surface area contributed by atoms with Gasteiger partial charge in [-0.25, -0.2) is 0 Å². The molecule has 0 aromatic carbocycles. The molecule has 0 atom stereocenters. The van der Waals surface area contributed by atoms with E-state index in [0.717, 1.165) is 0 Å². The van der Waals surface area contributed by atoms with Gasteiger partial charge in [-0.15, -0.1) is 9.79 Å². The zero-order chi connectivity index (χ0) is 10.5. The minimum atomic E-state index is -2.87. The average molecular weight is 211 g/mol. The largest absolute Gasteiger partial charge is 0.692 e. The molecule has 1 rings (SSSR count). The molecule has 1 saturated carbocycles. The first-order valence-electron chi connectivity index (χ1n) is 4.40. The summed E-state index contributed by atoms with van der Waals surface area (Å²) in [5.41, 5.74) is 9.81. The van der Waals surface area contributed by atoms with E-state index in [0.29, 0.717) is 13.1 Å². The van der Waals surface area contributed by atoms with Crippen LogP contribution in [0.4, 0.5) is 0 Å². The molecule has 0 aliphatic heterocycles. The SMILES string of the molecule is C1CCCC1.NCCN.O=[P+](O)O. The molecule has 6 N–H and O–H groups in total. The molecule has 0 unspecified atom stereocenters. The lowest BCUT2D eigenvalue weighted by molar-refractivity contribution is 0.405. The van der Waals surface area contributed by atoms with Gasteiger partial charge in [0.15, 0.2) is 0 Å². The van der Waals surface area contributed by atoms with Crippen molar-refractivity contribution in [1.29, 1.82) is 0 Å². The van der Waals surface area contributed by atoms with E-state index in [2.05, 4.69) is 0 Å². The number of nitrogens with two attached hydrogens (primary N) is 2. The van der Waals surface area contributed by atoms with Crippen LogP contribution >= 0.6 is 8.25 Å². The first-order chi connectivity index (χ1) is 6.15. The molecular weight excluding hydrogens is 191 g/mol. The van der Waals surface area contributed by atoms with Crippen molar-refractivity contribution in [3.05, 3.63) is 0 Å². The highest BCUT2D eigenvalue weighted by atomic mass is 31.1. The van der Waals surface area contributed by atoms with Crippen molar-refractivity contribution >= 4 is 8.25 Å². The van der Waals surface area contributed by atoms with Crippen LogP contribution in [0.3, 0.4) is 0 Å². The highest BCUT2D eigenvalue weighted by Gasteiger charge is 1.95. The molecule has 5 nitrogen and oxygen atoms in total. The van der Waals surface area contributed by atoms with Crippen molar-refractivity contribution in [3.8, 4) is 0 Å². The molecule has 0 saturated heterocycles. The van der Waals surface area contributed by atoms with Crippen LogP contribution in [0.25, 0.3) is 0 Å². The summed E-state index contributed by atoms with van der Waals surface area (Å²) in [6.07, 6.45) is 7.50. The predicted molar refractivity (Wildman–Crippen MR) is 53.2 cm³/mol. The summed E-state index contributed by atoms with van der Waals surface area (Å²) < 4.78 is 8.70. The highest BCUT2D eigenvalue weighted by molar-refractivity contribution is 7.30. The van der Waals surface area contributed by atoms with E-state index in [4.69, 9.17) is 25.8 Å². The fourth-order valence-corrected chi connectivity index (χ4v) is 0.884. The molecule has 0 amide bonds. The van der Waals surface area contributed by atoms with Gasteiger partial charge >= 0.3 is 8.25 Å². The van der Waals surface area contributed by atoms with Crippen molar-refractivity contribution in [1.82, 2.24) is 0 Å². The van der Waals surface area contributed by atoms with Crippen LogP contribution in [-0.4, -0.2) is 22.9 Å². The Kier molecular flexibility index (Phi) is 17.1. The molecule has 13 heavy (non-hydrogen) atoms. The van der Waals surface area contributed by atoms with Gasteiger partial charge < -0.3 is 11.5 Å². The van der Waals surface area contributed by atoms with E-state index < -0.39 is 8.25 Å². The van der Waals surface area contributed by atoms with Gasteiger partial charge in [0.1, 0.15) is 0 Å². The average Bonchev–Trinajstić information content (AvgIpc) is 2.59. The maximum absolute atomic E-state index is 8.70. The Balaban J connectivity index is 0. The Morgan fingerprint density at radius 2 is 1.08 bits per heavy atom. The summed E-state index contributed by atoms with van der Waals surface area (Å²) in [6, 6.07) is 0. The van der Waals surface area contributed by atoms with E-state index in [-0.39, 0.29) is 0 Å². The second-order valence-corrected chi connectivity index (χ2v) is 3.10. The Morgan fingerprint density at radius 3 is 1.15 bits per heavy atom. The van der Waals surface area contributed by atoms with E-state index in [1.54, 1.807) is 0 Å². The molecule has 0 aromatic heterocycles. The van der Waals surface area contributed by atoms with Crippen LogP contribution < -0.4 is 11.5 Å². The second kappa shape index (κ2) is 14.5. The molecule has 80 valence electrons. The fraction of sp³-hybridized carbons (Fsp3) is 1.00. The summed E-state index contributed by atoms with van der Waals surface area (Å²) >= 11 is 0. The zero-order valence-electron chi connectivity index (χ0n) is 7.85. The second-order valence-electron chi connectivity index (χ2n) is 2.60. The molecule has 1 aliphatic carbocycles. The quantitative estimate of drug-likeness (QED) is 0.472. The minimum Gasteiger partial charge on any atom is -0.329 e. The van der Waals surface area contributed by atoms with Crippen LogP contribution in [0.15, 0.2) is 0 Å². The number of hydrogen-bond donors (Lipinski definition) is 4. The van der Waals surface area contributed by atoms with E-state index in [1.807, 2.05) is 0 Å². The molecule has 0 radical (unpaired) electrons. The summed E-state index contributed by atoms with van der Waals surface area (Å²) in [6.45, 7) is 1.19. The summed E-state index contributed by atoms with van der Waals surface area (Å²) in [7, 11) is -2.87. The third kappa shape index (κ3) is 33.4. The van der Waals surface area contributed by atoms with Crippen LogP contribution in [0.5, 0.6) is 0 Å². The van der Waals surface area contributed by atoms with Gasteiger partial charge in [-0.2, -0.15) is 0 Å². The van der Waals surface area contributed by atoms with Gasteiger partial charge in [0.25, 0.3) is 0 Å². The standard InChI is InChI=1S/C5H10.C2H8N2.HO3P/c1-2-4-5-3-1;3-1-2-4;1-4(2)3/h1-5H2;1-4H2;(H-,1,2,3)/p+1. The maximum atomic E-state index is 8.70. The third-order valence-electron chi connectivity index (χ3n) is 1.42. The smallest absolute Gasteiger partial charge is 0.329 e. The van der Waals surface area contributed by atoms with Crippen LogP contribution in [0.2, 0.25) is 0 Å². The molecular formula is C7H20N2O3P+. The van der Waals surface area contributed by atoms with Gasteiger partial charge in [-0.05, 0) is 0 Å². The summed E-state index contributed by atoms with van der Waals surface area (Å²) in [5, 5.41) is 0. The van der Waals surface area contributed by atoms with Gasteiger partial charge in [-0.3, -0.25) is 0 Å². The van der Waals surface area contributed by atoms with Crippen molar-refractivity contribution in [2.24, 2.45) is 11.5 Å². The molecule has 0 heterocycles. The van der Waals surface area contributed by atoms with E-state index in [1.165, 1.54) is 32.1 Å². The van der Waals surface area contributed by atoms with Gasteiger partial charge in [-0.1, -0.05) is 32.1 Å². The lowest BCUT2D eigenvalue weighted by Crippen LogP contribution is -2.11. The van der Waals surface area contributed by atoms with E-state index >= 15 is 0 Å². The summed E-state index contributed by atoms with van der Waals surface area (Å²) in [4.78, 5) is 14.2. The first kappa shape index (κ1) is 15.4. The predicted octanol–water partition coefficient (Wildman–Crippen LogP) is 0.483. The maximum Gasteiger partial charge on any atom is 0.692 e. The molecule has 0 aromatic rings. The lowest BCUT2D eigenvalue weighted by atomic mass is 10.4. The van der Waals surface area contributed by atoms with Crippen LogP contribution in [-0.2, 0) is 4.57 Å². The minimum absolute atomic E-state index is 0.597. The number of rotatable bonds is 1. The van der Waals surface area contributed by atoms with E-state index in [9.17, 15) is 0 Å². The van der Waals surface area contributed by atoms with Crippen LogP contribution in [0, 0.1) is 0 Å². The van der Waals surface area contributed by atoms with Crippen LogP contribution in [0.1, 0.15) is 32.1 Å². The molecule has 0 bridgehead atoms. The fourth-order valence-electron chi connectivity index (χ4n) is 0.884. The Bertz CT molecular complexity index is 96.3. The first-order valence-corrected chi connectivity index (χ1v) is 5.56. The zero-order valence-corrected chi connectivity index (χ0v) is 8.75. The number of hydrogen-bond acceptors (Lipinski definition) is 3. The monoisotopic (exact) mass is 211 g/mol. The molecule has 6 heteroatoms. The normalized spacial score (nSPS) is 13.5. The summed E-state index contributed by atoms with van der Waals surface area (Å²) in [5.74, 6) is 0. The Morgan fingerprint density at radius 1 is 0.923 bits per heavy atom. The van der Waals surface area contributed by atoms with Gasteiger partial charge in [0.2, 0.25) is 0 Å². The van der Waals surface area contributed by atoms with Crippen molar-refractivity contribution < 1.29 is 14.4 Å². The topological polar surface area (TPSA) is 110 Å². The molecule has 1 aliphatic rings. The third-order valence-corrected chi connectivity index (χ3v) is 1.42. The molecule has 0 spiro atoms. The van der Waals surface area contributed by atoms with Gasteiger partial charge in [0, 0.05) is 17.7 Å². The Labute approximate surface area is 80.1 Å². The molecule has 1 fully saturated rings. The highest BCUT2D eigenvalue weighted by Crippen LogP contribution is 2.15. The van der Waals surface area contributed by atoms with Crippen molar-refractivity contribution in [2.75, 3.05) is 13.1 Å². The lowest BCUT2D eigenvalue weighted by Gasteiger charge is -1.72. The Hall–Kier alpha value is -0.0600. The van der Waals surface area contributed by atoms with Crippen molar-refractivity contribution in [3.63, 3.8) is 0 Å². The van der Waals surface area contributed by atoms with Gasteiger partial charge in [0.05, 0.1) is 0 Å². The van der Waals surface area contributed by atoms with Crippen molar-refractivity contribution in [2.45, 2.75) is 32.1 Å².